The van der Waals surface area contributed by atoms with Gasteiger partial charge in [-0.25, -0.2) is 0 Å². The van der Waals surface area contributed by atoms with Crippen LogP contribution >= 0.6 is 0 Å². The highest BCUT2D eigenvalue weighted by atomic mass is 16.7. The Labute approximate surface area is 243 Å². The minimum atomic E-state index is -1.46. The molecule has 5 atom stereocenters. The van der Waals surface area contributed by atoms with Gasteiger partial charge < -0.3 is 33.7 Å². The van der Waals surface area contributed by atoms with E-state index in [1.165, 1.54) is 30.3 Å². The van der Waals surface area contributed by atoms with E-state index in [0.717, 1.165) is 39.8 Å². The number of non-ortho nitro benzene ring substituents is 1. The Morgan fingerprint density at radius 2 is 1.37 bits per heavy atom. The maximum Gasteiger partial charge on any atom is 0.303 e. The molecule has 0 unspecified atom stereocenters. The van der Waals surface area contributed by atoms with Gasteiger partial charge in [-0.1, -0.05) is 0 Å². The van der Waals surface area contributed by atoms with Crippen molar-refractivity contribution >= 4 is 46.6 Å². The number of carbonyl (C=O) groups is 4. The SMILES string of the molecule is CC(=O)OC[C@H]1O[C@H](Oc2ccc(Nc3ccc([N+](=O)[O-])cc3[N+](=O)[O-])cc2)[C@H](OC(C)=O)[C@@H](OC(C)=O)[C@@H]1OC(C)=O. The van der Waals surface area contributed by atoms with Crippen LogP contribution in [-0.4, -0.2) is 71.0 Å². The molecule has 17 nitrogen and oxygen atoms in total. The van der Waals surface area contributed by atoms with Gasteiger partial charge in [0.05, 0.1) is 15.9 Å². The van der Waals surface area contributed by atoms with Crippen molar-refractivity contribution in [2.24, 2.45) is 0 Å². The Bertz CT molecular complexity index is 1400. The first-order chi connectivity index (χ1) is 20.2. The molecule has 1 N–H and O–H groups in total. The Kier molecular flexibility index (Phi) is 10.5. The van der Waals surface area contributed by atoms with E-state index < -0.39 is 82.4 Å². The lowest BCUT2D eigenvalue weighted by molar-refractivity contribution is -0.393. The molecule has 43 heavy (non-hydrogen) atoms. The number of anilines is 2. The minimum Gasteiger partial charge on any atom is -0.463 e. The number of nitro groups is 2. The number of rotatable bonds is 11. The molecule has 0 saturated carbocycles. The maximum atomic E-state index is 12.0. The molecule has 1 aliphatic heterocycles. The lowest BCUT2D eigenvalue weighted by Gasteiger charge is -2.43. The quantitative estimate of drug-likeness (QED) is 0.168. The van der Waals surface area contributed by atoms with Gasteiger partial charge in [0.1, 0.15) is 24.1 Å². The first-order valence-electron chi connectivity index (χ1n) is 12.5. The summed E-state index contributed by atoms with van der Waals surface area (Å²) in [6, 6.07) is 8.90. The number of carbonyl (C=O) groups excluding carboxylic acids is 4. The van der Waals surface area contributed by atoms with E-state index in [2.05, 4.69) is 5.32 Å². The van der Waals surface area contributed by atoms with Crippen molar-refractivity contribution < 1.29 is 57.4 Å². The summed E-state index contributed by atoms with van der Waals surface area (Å²) >= 11 is 0. The van der Waals surface area contributed by atoms with Crippen LogP contribution in [0.15, 0.2) is 42.5 Å². The molecule has 2 aromatic rings. The summed E-state index contributed by atoms with van der Waals surface area (Å²) in [4.78, 5) is 68.2. The fourth-order valence-electron chi connectivity index (χ4n) is 4.08. The van der Waals surface area contributed by atoms with Crippen LogP contribution in [0.2, 0.25) is 0 Å². The zero-order valence-electron chi connectivity index (χ0n) is 23.2. The van der Waals surface area contributed by atoms with Crippen LogP contribution in [0, 0.1) is 20.2 Å². The number of esters is 4. The predicted octanol–water partition coefficient (Wildman–Crippen LogP) is 2.71. The standard InChI is InChI=1S/C26H27N3O14/c1-13(30)38-12-22-23(39-14(2)31)24(40-15(3)32)25(41-16(4)33)26(43-22)42-19-8-5-17(6-9-19)27-20-10-7-18(28(34)35)11-21(20)29(36)37/h5-11,22-27H,12H2,1-4H3/t22-,23-,24+,25-,26+/m1/s1. The summed E-state index contributed by atoms with van der Waals surface area (Å²) in [5.74, 6) is -2.93. The van der Waals surface area contributed by atoms with Gasteiger partial charge in [-0.3, -0.25) is 39.4 Å². The predicted molar refractivity (Wildman–Crippen MR) is 142 cm³/mol. The van der Waals surface area contributed by atoms with E-state index in [-0.39, 0.29) is 11.4 Å². The zero-order valence-corrected chi connectivity index (χ0v) is 23.2. The second-order valence-electron chi connectivity index (χ2n) is 9.05. The highest BCUT2D eigenvalue weighted by Crippen LogP contribution is 2.34. The molecular weight excluding hydrogens is 578 g/mol. The molecule has 0 spiro atoms. The molecule has 1 fully saturated rings. The fraction of sp³-hybridized carbons (Fsp3) is 0.385. The van der Waals surface area contributed by atoms with Gasteiger partial charge in [0.15, 0.2) is 12.2 Å². The average molecular weight is 606 g/mol. The molecular formula is C26H27N3O14. The van der Waals surface area contributed by atoms with Gasteiger partial charge in [-0.15, -0.1) is 0 Å². The first-order valence-corrected chi connectivity index (χ1v) is 12.5. The molecule has 0 aliphatic carbocycles. The third-order valence-corrected chi connectivity index (χ3v) is 5.72. The molecule has 1 heterocycles. The number of hydrogen-bond acceptors (Lipinski definition) is 15. The number of benzene rings is 2. The Balaban J connectivity index is 1.90. The van der Waals surface area contributed by atoms with E-state index in [1.807, 2.05) is 0 Å². The average Bonchev–Trinajstić information content (AvgIpc) is 2.91. The Hall–Kier alpha value is -5.32. The van der Waals surface area contributed by atoms with Gasteiger partial charge >= 0.3 is 23.9 Å². The van der Waals surface area contributed by atoms with E-state index in [0.29, 0.717) is 5.69 Å². The summed E-state index contributed by atoms with van der Waals surface area (Å²) < 4.78 is 32.8. The van der Waals surface area contributed by atoms with Gasteiger partial charge in [0.25, 0.3) is 11.4 Å². The van der Waals surface area contributed by atoms with Crippen molar-refractivity contribution in [2.75, 3.05) is 11.9 Å². The summed E-state index contributed by atoms with van der Waals surface area (Å²) in [7, 11) is 0. The van der Waals surface area contributed by atoms with E-state index in [4.69, 9.17) is 28.4 Å². The van der Waals surface area contributed by atoms with Crippen LogP contribution in [0.5, 0.6) is 5.75 Å². The fourth-order valence-corrected chi connectivity index (χ4v) is 4.08. The Morgan fingerprint density at radius 3 is 1.91 bits per heavy atom. The minimum absolute atomic E-state index is 0.0103. The summed E-state index contributed by atoms with van der Waals surface area (Å²) in [5.41, 5.74) is -0.646. The van der Waals surface area contributed by atoms with E-state index in [1.54, 1.807) is 0 Å². The number of hydrogen-bond donors (Lipinski definition) is 1. The highest BCUT2D eigenvalue weighted by molar-refractivity contribution is 5.72. The van der Waals surface area contributed by atoms with Crippen molar-refractivity contribution in [3.05, 3.63) is 62.7 Å². The van der Waals surface area contributed by atoms with Gasteiger partial charge in [0.2, 0.25) is 12.4 Å². The van der Waals surface area contributed by atoms with Crippen molar-refractivity contribution in [3.63, 3.8) is 0 Å². The molecule has 3 rings (SSSR count). The van der Waals surface area contributed by atoms with Crippen LogP contribution < -0.4 is 10.1 Å². The van der Waals surface area contributed by atoms with Gasteiger partial charge in [-0.2, -0.15) is 0 Å². The molecule has 0 aromatic heterocycles. The van der Waals surface area contributed by atoms with Gasteiger partial charge in [-0.05, 0) is 30.3 Å². The second-order valence-corrected chi connectivity index (χ2v) is 9.05. The molecule has 0 amide bonds. The summed E-state index contributed by atoms with van der Waals surface area (Å²) in [6.45, 7) is 3.98. The number of nitrogens with zero attached hydrogens (tertiary/aromatic N) is 2. The zero-order chi connectivity index (χ0) is 31.8. The summed E-state index contributed by atoms with van der Waals surface area (Å²) in [5, 5.41) is 25.2. The summed E-state index contributed by atoms with van der Waals surface area (Å²) in [6.07, 6.45) is -6.89. The van der Waals surface area contributed by atoms with Crippen molar-refractivity contribution in [1.82, 2.24) is 0 Å². The second kappa shape index (κ2) is 14.0. The molecule has 2 aromatic carbocycles. The van der Waals surface area contributed by atoms with E-state index in [9.17, 15) is 39.4 Å². The molecule has 0 radical (unpaired) electrons. The third kappa shape index (κ3) is 8.83. The van der Waals surface area contributed by atoms with Crippen molar-refractivity contribution in [1.29, 1.82) is 0 Å². The normalized spacial score (nSPS) is 21.1. The Morgan fingerprint density at radius 1 is 0.791 bits per heavy atom. The van der Waals surface area contributed by atoms with E-state index >= 15 is 0 Å². The van der Waals surface area contributed by atoms with Crippen LogP contribution in [0.3, 0.4) is 0 Å². The van der Waals surface area contributed by atoms with Crippen LogP contribution in [0.25, 0.3) is 0 Å². The smallest absolute Gasteiger partial charge is 0.303 e. The monoisotopic (exact) mass is 605 g/mol. The van der Waals surface area contributed by atoms with Crippen molar-refractivity contribution in [3.8, 4) is 5.75 Å². The lowest BCUT2D eigenvalue weighted by Crippen LogP contribution is -2.63. The van der Waals surface area contributed by atoms with Crippen LogP contribution in [0.1, 0.15) is 27.7 Å². The first kappa shape index (κ1) is 32.2. The number of nitro benzene ring substituents is 2. The lowest BCUT2D eigenvalue weighted by atomic mass is 9.98. The highest BCUT2D eigenvalue weighted by Gasteiger charge is 2.53. The number of ether oxygens (including phenoxy) is 6. The largest absolute Gasteiger partial charge is 0.463 e. The molecule has 230 valence electrons. The molecule has 17 heteroatoms. The maximum absolute atomic E-state index is 12.0. The topological polar surface area (TPSA) is 222 Å². The molecule has 0 bridgehead atoms. The molecule has 1 aliphatic rings. The van der Waals surface area contributed by atoms with Gasteiger partial charge in [0, 0.05) is 39.4 Å². The van der Waals surface area contributed by atoms with Crippen molar-refractivity contribution in [2.45, 2.75) is 58.4 Å². The van der Waals surface area contributed by atoms with Crippen LogP contribution in [0.4, 0.5) is 22.7 Å². The van der Waals surface area contributed by atoms with Crippen LogP contribution in [-0.2, 0) is 42.9 Å². The third-order valence-electron chi connectivity index (χ3n) is 5.72. The molecule has 1 saturated heterocycles. The number of nitrogens with one attached hydrogen (secondary N) is 1.